The van der Waals surface area contributed by atoms with E-state index in [0.717, 1.165) is 30.4 Å². The summed E-state index contributed by atoms with van der Waals surface area (Å²) in [5.74, 6) is 1.57. The van der Waals surface area contributed by atoms with Crippen LogP contribution >= 0.6 is 0 Å². The first-order valence-electron chi connectivity index (χ1n) is 6.20. The molecule has 90 valence electrons. The number of rotatable bonds is 6. The van der Waals surface area contributed by atoms with Gasteiger partial charge in [0.2, 0.25) is 0 Å². The minimum absolute atomic E-state index is 0.363. The van der Waals surface area contributed by atoms with Crippen LogP contribution in [0, 0.1) is 12.8 Å². The van der Waals surface area contributed by atoms with Crippen molar-refractivity contribution >= 4 is 0 Å². The van der Waals surface area contributed by atoms with Gasteiger partial charge in [0.15, 0.2) is 0 Å². The molecule has 0 aromatic carbocycles. The van der Waals surface area contributed by atoms with Crippen LogP contribution in [-0.2, 0) is 0 Å². The summed E-state index contributed by atoms with van der Waals surface area (Å²) < 4.78 is 0. The van der Waals surface area contributed by atoms with Crippen molar-refractivity contribution in [2.75, 3.05) is 6.54 Å². The van der Waals surface area contributed by atoms with Crippen LogP contribution in [0.4, 0.5) is 0 Å². The van der Waals surface area contributed by atoms with Crippen molar-refractivity contribution < 1.29 is 0 Å². The SMILES string of the molecule is CCNC(CC(C)CC)c1ccnc(C)n1. The second-order valence-electron chi connectivity index (χ2n) is 4.39. The van der Waals surface area contributed by atoms with Gasteiger partial charge in [0.05, 0.1) is 5.69 Å². The largest absolute Gasteiger partial charge is 0.309 e. The van der Waals surface area contributed by atoms with E-state index in [9.17, 15) is 0 Å². The van der Waals surface area contributed by atoms with E-state index < -0.39 is 0 Å². The molecule has 1 aromatic rings. The first kappa shape index (κ1) is 13.1. The van der Waals surface area contributed by atoms with Crippen LogP contribution in [-0.4, -0.2) is 16.5 Å². The molecule has 0 saturated heterocycles. The second kappa shape index (κ2) is 6.59. The maximum Gasteiger partial charge on any atom is 0.125 e. The Bertz CT molecular complexity index is 312. The lowest BCUT2D eigenvalue weighted by Crippen LogP contribution is -2.24. The third-order valence-electron chi connectivity index (χ3n) is 2.94. The van der Waals surface area contributed by atoms with E-state index in [4.69, 9.17) is 0 Å². The molecule has 0 aliphatic rings. The van der Waals surface area contributed by atoms with E-state index in [1.807, 2.05) is 19.2 Å². The summed E-state index contributed by atoms with van der Waals surface area (Å²) in [7, 11) is 0. The van der Waals surface area contributed by atoms with Gasteiger partial charge in [-0.25, -0.2) is 9.97 Å². The van der Waals surface area contributed by atoms with E-state index in [2.05, 4.69) is 36.1 Å². The molecule has 16 heavy (non-hydrogen) atoms. The quantitative estimate of drug-likeness (QED) is 0.802. The number of aromatic nitrogens is 2. The van der Waals surface area contributed by atoms with Gasteiger partial charge in [-0.3, -0.25) is 0 Å². The predicted octanol–water partition coefficient (Wildman–Crippen LogP) is 2.87. The van der Waals surface area contributed by atoms with Crippen LogP contribution in [0.3, 0.4) is 0 Å². The van der Waals surface area contributed by atoms with Crippen molar-refractivity contribution in [3.05, 3.63) is 23.8 Å². The Labute approximate surface area is 98.7 Å². The molecule has 3 nitrogen and oxygen atoms in total. The van der Waals surface area contributed by atoms with Crippen LogP contribution in [0.25, 0.3) is 0 Å². The molecule has 1 rings (SSSR count). The fourth-order valence-corrected chi connectivity index (χ4v) is 1.79. The zero-order valence-electron chi connectivity index (χ0n) is 10.8. The lowest BCUT2D eigenvalue weighted by atomic mass is 9.97. The van der Waals surface area contributed by atoms with Crippen molar-refractivity contribution in [3.63, 3.8) is 0 Å². The normalized spacial score (nSPS) is 14.8. The summed E-state index contributed by atoms with van der Waals surface area (Å²) in [6.45, 7) is 9.58. The number of nitrogens with zero attached hydrogens (tertiary/aromatic N) is 2. The van der Waals surface area contributed by atoms with Gasteiger partial charge < -0.3 is 5.32 Å². The topological polar surface area (TPSA) is 37.8 Å². The Hall–Kier alpha value is -0.960. The van der Waals surface area contributed by atoms with Crippen molar-refractivity contribution in [1.29, 1.82) is 0 Å². The highest BCUT2D eigenvalue weighted by atomic mass is 15.0. The fraction of sp³-hybridized carbons (Fsp3) is 0.692. The average molecular weight is 221 g/mol. The van der Waals surface area contributed by atoms with Crippen LogP contribution in [0.5, 0.6) is 0 Å². The van der Waals surface area contributed by atoms with E-state index in [1.165, 1.54) is 6.42 Å². The van der Waals surface area contributed by atoms with Crippen LogP contribution in [0.15, 0.2) is 12.3 Å². The predicted molar refractivity (Wildman–Crippen MR) is 67.3 cm³/mol. The molecular formula is C13H23N3. The molecule has 0 saturated carbocycles. The van der Waals surface area contributed by atoms with Gasteiger partial charge >= 0.3 is 0 Å². The zero-order valence-corrected chi connectivity index (χ0v) is 10.8. The molecule has 1 heterocycles. The van der Waals surface area contributed by atoms with Crippen molar-refractivity contribution in [2.45, 2.75) is 46.6 Å². The molecule has 0 aliphatic carbocycles. The summed E-state index contributed by atoms with van der Waals surface area (Å²) in [5.41, 5.74) is 1.12. The molecule has 2 unspecified atom stereocenters. The highest BCUT2D eigenvalue weighted by Crippen LogP contribution is 2.21. The van der Waals surface area contributed by atoms with Gasteiger partial charge in [-0.1, -0.05) is 27.2 Å². The Morgan fingerprint density at radius 2 is 2.12 bits per heavy atom. The van der Waals surface area contributed by atoms with E-state index >= 15 is 0 Å². The van der Waals surface area contributed by atoms with Crippen LogP contribution in [0.2, 0.25) is 0 Å². The summed E-state index contributed by atoms with van der Waals surface area (Å²) in [4.78, 5) is 8.65. The molecule has 0 fully saturated rings. The molecule has 0 spiro atoms. The van der Waals surface area contributed by atoms with E-state index in [0.29, 0.717) is 6.04 Å². The Kier molecular flexibility index (Phi) is 5.39. The number of aryl methyl sites for hydroxylation is 1. The third kappa shape index (κ3) is 3.89. The molecule has 0 amide bonds. The monoisotopic (exact) mass is 221 g/mol. The van der Waals surface area contributed by atoms with Crippen molar-refractivity contribution in [2.24, 2.45) is 5.92 Å². The summed E-state index contributed by atoms with van der Waals surface area (Å²) in [6, 6.07) is 2.38. The van der Waals surface area contributed by atoms with Crippen LogP contribution < -0.4 is 5.32 Å². The Morgan fingerprint density at radius 3 is 2.69 bits per heavy atom. The minimum Gasteiger partial charge on any atom is -0.309 e. The van der Waals surface area contributed by atoms with E-state index in [1.54, 1.807) is 0 Å². The molecule has 0 radical (unpaired) electrons. The summed E-state index contributed by atoms with van der Waals surface area (Å²) >= 11 is 0. The van der Waals surface area contributed by atoms with E-state index in [-0.39, 0.29) is 0 Å². The van der Waals surface area contributed by atoms with Crippen molar-refractivity contribution in [3.8, 4) is 0 Å². The Balaban J connectivity index is 2.76. The summed E-state index contributed by atoms with van der Waals surface area (Å²) in [5, 5.41) is 3.50. The number of hydrogen-bond donors (Lipinski definition) is 1. The Morgan fingerprint density at radius 1 is 1.38 bits per heavy atom. The lowest BCUT2D eigenvalue weighted by molar-refractivity contribution is 0.401. The molecule has 1 aromatic heterocycles. The molecule has 0 aliphatic heterocycles. The van der Waals surface area contributed by atoms with Gasteiger partial charge in [-0.2, -0.15) is 0 Å². The first-order valence-corrected chi connectivity index (χ1v) is 6.20. The number of nitrogens with one attached hydrogen (secondary N) is 1. The molecule has 1 N–H and O–H groups in total. The molecule has 2 atom stereocenters. The summed E-state index contributed by atoms with van der Waals surface area (Å²) in [6.07, 6.45) is 4.20. The maximum atomic E-state index is 4.51. The fourth-order valence-electron chi connectivity index (χ4n) is 1.79. The molecule has 0 bridgehead atoms. The molecular weight excluding hydrogens is 198 g/mol. The zero-order chi connectivity index (χ0) is 12.0. The third-order valence-corrected chi connectivity index (χ3v) is 2.94. The smallest absolute Gasteiger partial charge is 0.125 e. The second-order valence-corrected chi connectivity index (χ2v) is 4.39. The van der Waals surface area contributed by atoms with Gasteiger partial charge in [-0.05, 0) is 31.9 Å². The van der Waals surface area contributed by atoms with Gasteiger partial charge in [0, 0.05) is 12.2 Å². The molecule has 3 heteroatoms. The first-order chi connectivity index (χ1) is 7.67. The van der Waals surface area contributed by atoms with Gasteiger partial charge in [-0.15, -0.1) is 0 Å². The highest BCUT2D eigenvalue weighted by molar-refractivity contribution is 5.07. The lowest BCUT2D eigenvalue weighted by Gasteiger charge is -2.20. The van der Waals surface area contributed by atoms with Crippen molar-refractivity contribution in [1.82, 2.24) is 15.3 Å². The maximum absolute atomic E-state index is 4.51. The highest BCUT2D eigenvalue weighted by Gasteiger charge is 2.14. The van der Waals surface area contributed by atoms with Crippen LogP contribution in [0.1, 0.15) is 51.2 Å². The number of hydrogen-bond acceptors (Lipinski definition) is 3. The average Bonchev–Trinajstić information content (AvgIpc) is 2.28. The minimum atomic E-state index is 0.363. The standard InChI is InChI=1S/C13H23N3/c1-5-10(3)9-13(14-6-2)12-7-8-15-11(4)16-12/h7-8,10,13-14H,5-6,9H2,1-4H3. The van der Waals surface area contributed by atoms with Gasteiger partial charge in [0.25, 0.3) is 0 Å². The van der Waals surface area contributed by atoms with Gasteiger partial charge in [0.1, 0.15) is 5.82 Å².